The average molecular weight is 231 g/mol. The van der Waals surface area contributed by atoms with Crippen molar-refractivity contribution in [3.05, 3.63) is 48.0 Å². The van der Waals surface area contributed by atoms with Crippen molar-refractivity contribution in [2.24, 2.45) is 0 Å². The first-order chi connectivity index (χ1) is 8.16. The van der Waals surface area contributed by atoms with E-state index in [0.717, 1.165) is 5.56 Å². The first-order valence-corrected chi connectivity index (χ1v) is 5.15. The molecule has 0 heterocycles. The van der Waals surface area contributed by atoms with Crippen LogP contribution in [0.25, 0.3) is 0 Å². The number of phenolic OH excluding ortho intramolecular Hbond substituents is 2. The van der Waals surface area contributed by atoms with Crippen molar-refractivity contribution in [2.45, 2.75) is 6.61 Å². The van der Waals surface area contributed by atoms with Crippen molar-refractivity contribution < 1.29 is 14.9 Å². The minimum Gasteiger partial charge on any atom is -0.506 e. The lowest BCUT2D eigenvalue weighted by Crippen LogP contribution is -1.97. The molecule has 0 saturated carbocycles. The quantitative estimate of drug-likeness (QED) is 0.559. The Hall–Kier alpha value is -2.36. The first kappa shape index (κ1) is 11.1. The van der Waals surface area contributed by atoms with Crippen LogP contribution in [-0.4, -0.2) is 10.2 Å². The Morgan fingerprint density at radius 2 is 1.76 bits per heavy atom. The van der Waals surface area contributed by atoms with Gasteiger partial charge in [0.05, 0.1) is 5.69 Å². The molecule has 0 spiro atoms. The van der Waals surface area contributed by atoms with E-state index < -0.39 is 0 Å². The van der Waals surface area contributed by atoms with Crippen molar-refractivity contribution in [3.8, 4) is 17.2 Å². The van der Waals surface area contributed by atoms with Crippen molar-refractivity contribution in [2.75, 3.05) is 5.73 Å². The summed E-state index contributed by atoms with van der Waals surface area (Å²) in [5, 5.41) is 18.8. The summed E-state index contributed by atoms with van der Waals surface area (Å²) in [4.78, 5) is 0. The van der Waals surface area contributed by atoms with Gasteiger partial charge in [-0.15, -0.1) is 0 Å². The van der Waals surface area contributed by atoms with Crippen molar-refractivity contribution in [1.82, 2.24) is 0 Å². The fourth-order valence-corrected chi connectivity index (χ4v) is 1.43. The SMILES string of the molecule is Nc1cc(COc2ccccc2O)ccc1O. The summed E-state index contributed by atoms with van der Waals surface area (Å²) in [5.74, 6) is 0.565. The van der Waals surface area contributed by atoms with Crippen LogP contribution < -0.4 is 10.5 Å². The van der Waals surface area contributed by atoms with Gasteiger partial charge >= 0.3 is 0 Å². The van der Waals surface area contributed by atoms with Crippen molar-refractivity contribution in [3.63, 3.8) is 0 Å². The van der Waals surface area contributed by atoms with Crippen LogP contribution in [0, 0.1) is 0 Å². The number of para-hydroxylation sites is 2. The molecular weight excluding hydrogens is 218 g/mol. The second-order valence-corrected chi connectivity index (χ2v) is 3.65. The molecule has 88 valence electrons. The smallest absolute Gasteiger partial charge is 0.161 e. The minimum absolute atomic E-state index is 0.0521. The highest BCUT2D eigenvalue weighted by molar-refractivity contribution is 5.53. The lowest BCUT2D eigenvalue weighted by atomic mass is 10.2. The molecule has 4 heteroatoms. The summed E-state index contributed by atoms with van der Waals surface area (Å²) in [6.45, 7) is 0.280. The standard InChI is InChI=1S/C13H13NO3/c14-10-7-9(5-6-11(10)15)8-17-13-4-2-1-3-12(13)16/h1-7,15-16H,8,14H2. The summed E-state index contributed by atoms with van der Waals surface area (Å²) in [6.07, 6.45) is 0. The second kappa shape index (κ2) is 4.65. The molecule has 0 unspecified atom stereocenters. The maximum absolute atomic E-state index is 9.50. The molecule has 0 bridgehead atoms. The molecule has 2 aromatic rings. The van der Waals surface area contributed by atoms with Gasteiger partial charge in [0.25, 0.3) is 0 Å². The molecule has 4 nitrogen and oxygen atoms in total. The van der Waals surface area contributed by atoms with Gasteiger partial charge in [0.15, 0.2) is 11.5 Å². The van der Waals surface area contributed by atoms with Crippen LogP contribution in [0.4, 0.5) is 5.69 Å². The van der Waals surface area contributed by atoms with Crippen LogP contribution >= 0.6 is 0 Å². The normalized spacial score (nSPS) is 10.1. The summed E-state index contributed by atoms with van der Waals surface area (Å²) in [6, 6.07) is 11.6. The van der Waals surface area contributed by atoms with Gasteiger partial charge in [-0.25, -0.2) is 0 Å². The maximum atomic E-state index is 9.50. The summed E-state index contributed by atoms with van der Waals surface area (Å²) in [5.41, 5.74) is 6.70. The molecule has 4 N–H and O–H groups in total. The fraction of sp³-hybridized carbons (Fsp3) is 0.0769. The van der Waals surface area contributed by atoms with Gasteiger partial charge in [-0.1, -0.05) is 18.2 Å². The molecule has 2 aromatic carbocycles. The number of phenols is 2. The number of hydrogen-bond donors (Lipinski definition) is 3. The van der Waals surface area contributed by atoms with E-state index in [-0.39, 0.29) is 18.1 Å². The number of rotatable bonds is 3. The van der Waals surface area contributed by atoms with Crippen LogP contribution in [-0.2, 0) is 6.61 Å². The van der Waals surface area contributed by atoms with Gasteiger partial charge in [-0.05, 0) is 29.8 Å². The lowest BCUT2D eigenvalue weighted by molar-refractivity contribution is 0.289. The van der Waals surface area contributed by atoms with Gasteiger partial charge in [-0.3, -0.25) is 0 Å². The summed E-state index contributed by atoms with van der Waals surface area (Å²) in [7, 11) is 0. The number of nitrogen functional groups attached to an aromatic ring is 1. The molecule has 17 heavy (non-hydrogen) atoms. The van der Waals surface area contributed by atoms with Crippen molar-refractivity contribution >= 4 is 5.69 Å². The van der Waals surface area contributed by atoms with Crippen LogP contribution in [0.15, 0.2) is 42.5 Å². The molecule has 0 aliphatic rings. The van der Waals surface area contributed by atoms with E-state index >= 15 is 0 Å². The third kappa shape index (κ3) is 2.60. The average Bonchev–Trinajstić information content (AvgIpc) is 2.32. The number of ether oxygens (including phenoxy) is 1. The predicted octanol–water partition coefficient (Wildman–Crippen LogP) is 2.26. The monoisotopic (exact) mass is 231 g/mol. The van der Waals surface area contributed by atoms with E-state index in [4.69, 9.17) is 10.5 Å². The molecule has 0 aliphatic carbocycles. The van der Waals surface area contributed by atoms with E-state index in [9.17, 15) is 10.2 Å². The van der Waals surface area contributed by atoms with E-state index in [2.05, 4.69) is 0 Å². The highest BCUT2D eigenvalue weighted by Crippen LogP contribution is 2.26. The van der Waals surface area contributed by atoms with E-state index in [1.54, 1.807) is 36.4 Å². The Labute approximate surface area is 98.9 Å². The molecule has 0 radical (unpaired) electrons. The van der Waals surface area contributed by atoms with Gasteiger partial charge in [0, 0.05) is 0 Å². The molecule has 0 amide bonds. The Kier molecular flexibility index (Phi) is 3.05. The van der Waals surface area contributed by atoms with E-state index in [1.807, 2.05) is 0 Å². The largest absolute Gasteiger partial charge is 0.506 e. The Morgan fingerprint density at radius 3 is 2.47 bits per heavy atom. The van der Waals surface area contributed by atoms with Crippen LogP contribution in [0.3, 0.4) is 0 Å². The predicted molar refractivity (Wildman–Crippen MR) is 65.0 cm³/mol. The molecule has 0 fully saturated rings. The third-order valence-electron chi connectivity index (χ3n) is 2.35. The van der Waals surface area contributed by atoms with Crippen LogP contribution in [0.1, 0.15) is 5.56 Å². The Bertz CT molecular complexity index is 526. The fourth-order valence-electron chi connectivity index (χ4n) is 1.43. The van der Waals surface area contributed by atoms with Gasteiger partial charge < -0.3 is 20.7 Å². The minimum atomic E-state index is 0.0521. The van der Waals surface area contributed by atoms with Gasteiger partial charge in [0.2, 0.25) is 0 Å². The zero-order valence-corrected chi connectivity index (χ0v) is 9.13. The van der Waals surface area contributed by atoms with E-state index in [1.165, 1.54) is 6.07 Å². The number of hydrogen-bond acceptors (Lipinski definition) is 4. The zero-order valence-electron chi connectivity index (χ0n) is 9.13. The number of aromatic hydroxyl groups is 2. The molecule has 0 saturated heterocycles. The van der Waals surface area contributed by atoms with E-state index in [0.29, 0.717) is 11.4 Å². The van der Waals surface area contributed by atoms with Gasteiger partial charge in [-0.2, -0.15) is 0 Å². The molecule has 2 rings (SSSR count). The zero-order chi connectivity index (χ0) is 12.3. The topological polar surface area (TPSA) is 75.7 Å². The number of anilines is 1. The van der Waals surface area contributed by atoms with Crippen molar-refractivity contribution in [1.29, 1.82) is 0 Å². The molecule has 0 aromatic heterocycles. The highest BCUT2D eigenvalue weighted by Gasteiger charge is 2.03. The van der Waals surface area contributed by atoms with Crippen LogP contribution in [0.5, 0.6) is 17.2 Å². The number of nitrogens with two attached hydrogens (primary N) is 1. The summed E-state index contributed by atoms with van der Waals surface area (Å²) < 4.78 is 5.43. The Balaban J connectivity index is 2.08. The highest BCUT2D eigenvalue weighted by atomic mass is 16.5. The maximum Gasteiger partial charge on any atom is 0.161 e. The van der Waals surface area contributed by atoms with Crippen LogP contribution in [0.2, 0.25) is 0 Å². The third-order valence-corrected chi connectivity index (χ3v) is 2.35. The second-order valence-electron chi connectivity index (χ2n) is 3.65. The Morgan fingerprint density at radius 1 is 1.00 bits per heavy atom. The molecule has 0 atom stereocenters. The number of benzene rings is 2. The molecular formula is C13H13NO3. The lowest BCUT2D eigenvalue weighted by Gasteiger charge is -2.08. The summed E-state index contributed by atoms with van der Waals surface area (Å²) >= 11 is 0. The molecule has 0 aliphatic heterocycles. The first-order valence-electron chi connectivity index (χ1n) is 5.15. The van der Waals surface area contributed by atoms with Gasteiger partial charge in [0.1, 0.15) is 12.4 Å².